The lowest BCUT2D eigenvalue weighted by Crippen LogP contribution is -2.33. The van der Waals surface area contributed by atoms with Crippen molar-refractivity contribution in [1.29, 1.82) is 0 Å². The predicted molar refractivity (Wildman–Crippen MR) is 119 cm³/mol. The summed E-state index contributed by atoms with van der Waals surface area (Å²) < 4.78 is 2.01. The molecule has 1 amide bonds. The van der Waals surface area contributed by atoms with Crippen LogP contribution in [0, 0.1) is 0 Å². The minimum Gasteiger partial charge on any atom is -0.355 e. The zero-order chi connectivity index (χ0) is 20.8. The Labute approximate surface area is 180 Å². The predicted octanol–water partition coefficient (Wildman–Crippen LogP) is 5.02. The third kappa shape index (κ3) is 5.40. The standard InChI is InChI=1S/C22H25ClN4OS/c1-4-27-20(18-11-8-12-19(23)13-18)25-26-22(27)29-16(3)21(28)24-14-15(2)17-9-6-5-7-10-17/h5-13,15-16H,4,14H2,1-3H3,(H,24,28). The van der Waals surface area contributed by atoms with Gasteiger partial charge in [-0.1, -0.05) is 72.8 Å². The molecule has 0 aliphatic heterocycles. The number of carbonyl (C=O) groups is 1. The van der Waals surface area contributed by atoms with Gasteiger partial charge in [0, 0.05) is 23.7 Å². The fourth-order valence-corrected chi connectivity index (χ4v) is 4.14. The van der Waals surface area contributed by atoms with Gasteiger partial charge >= 0.3 is 0 Å². The number of hydrogen-bond donors (Lipinski definition) is 1. The van der Waals surface area contributed by atoms with Crippen molar-refractivity contribution in [2.24, 2.45) is 0 Å². The summed E-state index contributed by atoms with van der Waals surface area (Å²) in [6.07, 6.45) is 0. The average Bonchev–Trinajstić information content (AvgIpc) is 3.14. The van der Waals surface area contributed by atoms with Gasteiger partial charge in [-0.25, -0.2) is 0 Å². The van der Waals surface area contributed by atoms with E-state index in [9.17, 15) is 4.79 Å². The summed E-state index contributed by atoms with van der Waals surface area (Å²) in [4.78, 5) is 12.6. The first kappa shape index (κ1) is 21.4. The number of aromatic nitrogens is 3. The lowest BCUT2D eigenvalue weighted by molar-refractivity contribution is -0.120. The van der Waals surface area contributed by atoms with E-state index in [1.54, 1.807) is 0 Å². The highest BCUT2D eigenvalue weighted by molar-refractivity contribution is 8.00. The van der Waals surface area contributed by atoms with Crippen LogP contribution in [0.5, 0.6) is 0 Å². The molecule has 0 bridgehead atoms. The molecule has 3 aromatic rings. The lowest BCUT2D eigenvalue weighted by Gasteiger charge is -2.16. The van der Waals surface area contributed by atoms with E-state index in [2.05, 4.69) is 34.6 Å². The van der Waals surface area contributed by atoms with Crippen LogP contribution in [0.2, 0.25) is 5.02 Å². The van der Waals surface area contributed by atoms with Gasteiger partial charge in [-0.15, -0.1) is 10.2 Å². The first-order valence-electron chi connectivity index (χ1n) is 9.68. The van der Waals surface area contributed by atoms with Crippen LogP contribution in [-0.4, -0.2) is 32.5 Å². The Kier molecular flexibility index (Phi) is 7.34. The molecule has 1 heterocycles. The van der Waals surface area contributed by atoms with E-state index in [0.717, 1.165) is 16.5 Å². The van der Waals surface area contributed by atoms with E-state index in [1.807, 2.05) is 60.9 Å². The van der Waals surface area contributed by atoms with Gasteiger partial charge in [0.15, 0.2) is 11.0 Å². The number of hydrogen-bond acceptors (Lipinski definition) is 4. The number of nitrogens with zero attached hydrogens (tertiary/aromatic N) is 3. The summed E-state index contributed by atoms with van der Waals surface area (Å²) in [6.45, 7) is 7.34. The molecule has 0 saturated carbocycles. The summed E-state index contributed by atoms with van der Waals surface area (Å²) >= 11 is 7.53. The lowest BCUT2D eigenvalue weighted by atomic mass is 10.0. The molecule has 0 saturated heterocycles. The summed E-state index contributed by atoms with van der Waals surface area (Å²) in [5.41, 5.74) is 2.12. The number of amides is 1. The third-order valence-electron chi connectivity index (χ3n) is 4.72. The molecule has 0 spiro atoms. The van der Waals surface area contributed by atoms with Crippen LogP contribution in [0.15, 0.2) is 59.8 Å². The van der Waals surface area contributed by atoms with Gasteiger partial charge < -0.3 is 9.88 Å². The highest BCUT2D eigenvalue weighted by atomic mass is 35.5. The van der Waals surface area contributed by atoms with Crippen LogP contribution < -0.4 is 5.32 Å². The molecule has 1 N–H and O–H groups in total. The molecule has 2 unspecified atom stereocenters. The third-order valence-corrected chi connectivity index (χ3v) is 6.03. The molecule has 0 aliphatic carbocycles. The molecule has 7 heteroatoms. The summed E-state index contributed by atoms with van der Waals surface area (Å²) in [5.74, 6) is 1.00. The molecule has 1 aromatic heterocycles. The van der Waals surface area contributed by atoms with Gasteiger partial charge in [-0.2, -0.15) is 0 Å². The van der Waals surface area contributed by atoms with Crippen LogP contribution in [-0.2, 0) is 11.3 Å². The number of benzene rings is 2. The van der Waals surface area contributed by atoms with Crippen molar-refractivity contribution in [3.05, 3.63) is 65.2 Å². The smallest absolute Gasteiger partial charge is 0.233 e. The minimum absolute atomic E-state index is 0.00672. The number of nitrogens with one attached hydrogen (secondary N) is 1. The van der Waals surface area contributed by atoms with E-state index in [0.29, 0.717) is 18.1 Å². The van der Waals surface area contributed by atoms with Crippen molar-refractivity contribution < 1.29 is 4.79 Å². The zero-order valence-electron chi connectivity index (χ0n) is 16.8. The van der Waals surface area contributed by atoms with Crippen LogP contribution >= 0.6 is 23.4 Å². The summed E-state index contributed by atoms with van der Waals surface area (Å²) in [5, 5.41) is 12.8. The molecular formula is C22H25ClN4OS. The maximum Gasteiger partial charge on any atom is 0.233 e. The Balaban J connectivity index is 1.64. The van der Waals surface area contributed by atoms with Gasteiger partial charge in [0.05, 0.1) is 5.25 Å². The Morgan fingerprint density at radius 2 is 1.90 bits per heavy atom. The highest BCUT2D eigenvalue weighted by Crippen LogP contribution is 2.28. The molecule has 5 nitrogen and oxygen atoms in total. The van der Waals surface area contributed by atoms with E-state index in [4.69, 9.17) is 11.6 Å². The fourth-order valence-electron chi connectivity index (χ4n) is 3.01. The SMILES string of the molecule is CCn1c(SC(C)C(=O)NCC(C)c2ccccc2)nnc1-c1cccc(Cl)c1. The van der Waals surface area contributed by atoms with Crippen LogP contribution in [0.25, 0.3) is 11.4 Å². The first-order valence-corrected chi connectivity index (χ1v) is 10.9. The van der Waals surface area contributed by atoms with Gasteiger partial charge in [0.25, 0.3) is 0 Å². The fraction of sp³-hybridized carbons (Fsp3) is 0.318. The number of carbonyl (C=O) groups excluding carboxylic acids is 1. The zero-order valence-corrected chi connectivity index (χ0v) is 18.4. The summed E-state index contributed by atoms with van der Waals surface area (Å²) in [6, 6.07) is 17.7. The summed E-state index contributed by atoms with van der Waals surface area (Å²) in [7, 11) is 0. The molecule has 2 atom stereocenters. The molecule has 3 rings (SSSR count). The second-order valence-electron chi connectivity index (χ2n) is 6.88. The largest absolute Gasteiger partial charge is 0.355 e. The van der Waals surface area contributed by atoms with Crippen molar-refractivity contribution >= 4 is 29.3 Å². The second kappa shape index (κ2) is 9.94. The highest BCUT2D eigenvalue weighted by Gasteiger charge is 2.20. The monoisotopic (exact) mass is 428 g/mol. The van der Waals surface area contributed by atoms with Gasteiger partial charge in [-0.05, 0) is 37.5 Å². The molecular weight excluding hydrogens is 404 g/mol. The molecule has 0 fully saturated rings. The first-order chi connectivity index (χ1) is 14.0. The maximum atomic E-state index is 12.6. The Morgan fingerprint density at radius 3 is 2.59 bits per heavy atom. The Bertz CT molecular complexity index is 960. The van der Waals surface area contributed by atoms with Crippen molar-refractivity contribution in [3.8, 4) is 11.4 Å². The van der Waals surface area contributed by atoms with Gasteiger partial charge in [0.2, 0.25) is 5.91 Å². The van der Waals surface area contributed by atoms with E-state index >= 15 is 0 Å². The normalized spacial score (nSPS) is 13.1. The second-order valence-corrected chi connectivity index (χ2v) is 8.62. The Morgan fingerprint density at radius 1 is 1.14 bits per heavy atom. The van der Waals surface area contributed by atoms with Gasteiger partial charge in [0.1, 0.15) is 0 Å². The average molecular weight is 429 g/mol. The quantitative estimate of drug-likeness (QED) is 0.512. The van der Waals surface area contributed by atoms with Crippen LogP contribution in [0.1, 0.15) is 32.3 Å². The number of rotatable bonds is 8. The van der Waals surface area contributed by atoms with Crippen molar-refractivity contribution in [2.75, 3.05) is 6.54 Å². The molecule has 0 radical (unpaired) electrons. The molecule has 0 aliphatic rings. The Hall–Kier alpha value is -2.31. The van der Waals surface area contributed by atoms with E-state index in [-0.39, 0.29) is 17.1 Å². The molecule has 29 heavy (non-hydrogen) atoms. The molecule has 2 aromatic carbocycles. The van der Waals surface area contributed by atoms with E-state index in [1.165, 1.54) is 17.3 Å². The minimum atomic E-state index is -0.278. The molecule has 152 valence electrons. The van der Waals surface area contributed by atoms with Gasteiger partial charge in [-0.3, -0.25) is 4.79 Å². The van der Waals surface area contributed by atoms with Crippen molar-refractivity contribution in [3.63, 3.8) is 0 Å². The van der Waals surface area contributed by atoms with Crippen molar-refractivity contribution in [2.45, 2.75) is 43.6 Å². The van der Waals surface area contributed by atoms with Crippen LogP contribution in [0.3, 0.4) is 0 Å². The maximum absolute atomic E-state index is 12.6. The topological polar surface area (TPSA) is 59.8 Å². The number of halogens is 1. The number of thioether (sulfide) groups is 1. The van der Waals surface area contributed by atoms with Crippen LogP contribution in [0.4, 0.5) is 0 Å². The van der Waals surface area contributed by atoms with E-state index < -0.39 is 0 Å². The van der Waals surface area contributed by atoms with Crippen molar-refractivity contribution in [1.82, 2.24) is 20.1 Å².